The van der Waals surface area contributed by atoms with Gasteiger partial charge >= 0.3 is 0 Å². The second-order valence-corrected chi connectivity index (χ2v) is 10.9. The number of rotatable bonds is 11. The third-order valence-corrected chi connectivity index (χ3v) is 6.96. The van der Waals surface area contributed by atoms with E-state index in [2.05, 4.69) is 29.6 Å². The maximum Gasteiger partial charge on any atom is 0.248 e. The number of halogens is 1. The molecule has 0 aliphatic heterocycles. The summed E-state index contributed by atoms with van der Waals surface area (Å²) in [4.78, 5) is 41.8. The molecule has 0 bridgehead atoms. The summed E-state index contributed by atoms with van der Waals surface area (Å²) in [6.07, 6.45) is 0.440. The van der Waals surface area contributed by atoms with Gasteiger partial charge in [-0.1, -0.05) is 67.9 Å². The van der Waals surface area contributed by atoms with E-state index in [4.69, 9.17) is 16.1 Å². The first-order valence-electron chi connectivity index (χ1n) is 13.1. The maximum absolute atomic E-state index is 13.9. The summed E-state index contributed by atoms with van der Waals surface area (Å²) in [7, 11) is 0. The van der Waals surface area contributed by atoms with Crippen LogP contribution in [0.5, 0.6) is 0 Å². The Balaban J connectivity index is 2.00. The highest BCUT2D eigenvalue weighted by Crippen LogP contribution is 2.34. The molecule has 0 aliphatic carbocycles. The van der Waals surface area contributed by atoms with Gasteiger partial charge in [0.05, 0.1) is 0 Å². The van der Waals surface area contributed by atoms with Gasteiger partial charge < -0.3 is 15.2 Å². The quantitative estimate of drug-likeness (QED) is 0.280. The van der Waals surface area contributed by atoms with Gasteiger partial charge in [-0.25, -0.2) is 0 Å². The van der Waals surface area contributed by atoms with Crippen molar-refractivity contribution in [2.45, 2.75) is 78.3 Å². The molecule has 3 aromatic rings. The molecule has 1 atom stereocenters. The average Bonchev–Trinajstić information content (AvgIpc) is 3.30. The largest absolute Gasteiger partial charge is 0.360 e. The van der Waals surface area contributed by atoms with Gasteiger partial charge in [0.1, 0.15) is 11.8 Å². The SMILES string of the molecule is CCC(C)(C)NC(=O)[C@H](c1ccccc1Cl)N(C(=O)CCC(=O)Nc1cc(C)on1)c1ccc(C(C)C)cc1. The molecule has 0 aliphatic rings. The van der Waals surface area contributed by atoms with E-state index >= 15 is 0 Å². The van der Waals surface area contributed by atoms with Gasteiger partial charge in [0, 0.05) is 40.7 Å². The molecular formula is C30H37ClN4O4. The molecule has 0 spiro atoms. The van der Waals surface area contributed by atoms with Crippen LogP contribution in [0.15, 0.2) is 59.1 Å². The zero-order chi connectivity index (χ0) is 28.7. The first-order chi connectivity index (χ1) is 18.4. The van der Waals surface area contributed by atoms with Crippen LogP contribution in [-0.2, 0) is 14.4 Å². The number of hydrogen-bond acceptors (Lipinski definition) is 5. The van der Waals surface area contributed by atoms with Gasteiger partial charge in [-0.2, -0.15) is 0 Å². The molecule has 0 fully saturated rings. The number of hydrogen-bond donors (Lipinski definition) is 2. The van der Waals surface area contributed by atoms with E-state index in [0.717, 1.165) is 5.56 Å². The van der Waals surface area contributed by atoms with Crippen molar-refractivity contribution in [2.75, 3.05) is 10.2 Å². The summed E-state index contributed by atoms with van der Waals surface area (Å²) in [6, 6.07) is 15.1. The fourth-order valence-electron chi connectivity index (χ4n) is 4.01. The number of carbonyl (C=O) groups is 3. The monoisotopic (exact) mass is 552 g/mol. The molecule has 208 valence electrons. The molecular weight excluding hydrogens is 516 g/mol. The number of carbonyl (C=O) groups excluding carboxylic acids is 3. The lowest BCUT2D eigenvalue weighted by Crippen LogP contribution is -2.50. The molecule has 1 aromatic heterocycles. The zero-order valence-electron chi connectivity index (χ0n) is 23.4. The summed E-state index contributed by atoms with van der Waals surface area (Å²) in [5.74, 6) is -0.0215. The van der Waals surface area contributed by atoms with Crippen LogP contribution in [0.1, 0.15) is 82.7 Å². The van der Waals surface area contributed by atoms with Gasteiger partial charge in [0.25, 0.3) is 0 Å². The molecule has 0 saturated carbocycles. The Bertz CT molecular complexity index is 1300. The van der Waals surface area contributed by atoms with Gasteiger partial charge in [0.2, 0.25) is 17.7 Å². The lowest BCUT2D eigenvalue weighted by atomic mass is 9.97. The topological polar surface area (TPSA) is 105 Å². The molecule has 0 unspecified atom stereocenters. The third kappa shape index (κ3) is 7.93. The summed E-state index contributed by atoms with van der Waals surface area (Å²) in [5.41, 5.74) is 1.61. The summed E-state index contributed by atoms with van der Waals surface area (Å²) in [6.45, 7) is 11.7. The Kier molecular flexibility index (Phi) is 9.92. The Morgan fingerprint density at radius 2 is 1.72 bits per heavy atom. The molecule has 0 radical (unpaired) electrons. The molecule has 1 heterocycles. The lowest BCUT2D eigenvalue weighted by Gasteiger charge is -2.35. The predicted molar refractivity (Wildman–Crippen MR) is 154 cm³/mol. The second kappa shape index (κ2) is 12.9. The minimum atomic E-state index is -1.05. The highest BCUT2D eigenvalue weighted by molar-refractivity contribution is 6.31. The summed E-state index contributed by atoms with van der Waals surface area (Å²) in [5, 5.41) is 9.83. The van der Waals surface area contributed by atoms with E-state index in [0.29, 0.717) is 34.4 Å². The van der Waals surface area contributed by atoms with Crippen molar-refractivity contribution in [1.29, 1.82) is 0 Å². The number of anilines is 2. The Labute approximate surface area is 235 Å². The fourth-order valence-corrected chi connectivity index (χ4v) is 4.25. The van der Waals surface area contributed by atoms with E-state index < -0.39 is 23.4 Å². The Hall–Kier alpha value is -3.65. The normalized spacial score (nSPS) is 12.2. The number of nitrogens with zero attached hydrogens (tertiary/aromatic N) is 2. The Morgan fingerprint density at radius 1 is 1.05 bits per heavy atom. The molecule has 3 rings (SSSR count). The minimum Gasteiger partial charge on any atom is -0.360 e. The highest BCUT2D eigenvalue weighted by Gasteiger charge is 2.36. The van der Waals surface area contributed by atoms with Gasteiger partial charge in [-0.3, -0.25) is 19.3 Å². The van der Waals surface area contributed by atoms with Crippen LogP contribution in [0.4, 0.5) is 11.5 Å². The summed E-state index contributed by atoms with van der Waals surface area (Å²) >= 11 is 6.59. The predicted octanol–water partition coefficient (Wildman–Crippen LogP) is 6.56. The molecule has 2 N–H and O–H groups in total. The van der Waals surface area contributed by atoms with Gasteiger partial charge in [-0.15, -0.1) is 0 Å². The second-order valence-electron chi connectivity index (χ2n) is 10.5. The van der Waals surface area contributed by atoms with Crippen molar-refractivity contribution >= 4 is 40.8 Å². The molecule has 9 heteroatoms. The number of amides is 3. The minimum absolute atomic E-state index is 0.108. The van der Waals surface area contributed by atoms with Crippen molar-refractivity contribution in [3.63, 3.8) is 0 Å². The zero-order valence-corrected chi connectivity index (χ0v) is 24.1. The number of nitrogens with one attached hydrogen (secondary N) is 2. The highest BCUT2D eigenvalue weighted by atomic mass is 35.5. The first kappa shape index (κ1) is 29.9. The fraction of sp³-hybridized carbons (Fsp3) is 0.400. The van der Waals surface area contributed by atoms with E-state index in [1.807, 2.05) is 45.0 Å². The molecule has 8 nitrogen and oxygen atoms in total. The van der Waals surface area contributed by atoms with Crippen molar-refractivity contribution in [3.05, 3.63) is 76.5 Å². The van der Waals surface area contributed by atoms with Gasteiger partial charge in [0.15, 0.2) is 5.82 Å². The molecule has 0 saturated heterocycles. The maximum atomic E-state index is 13.9. The van der Waals surface area contributed by atoms with Crippen LogP contribution in [0, 0.1) is 6.92 Å². The average molecular weight is 553 g/mol. The van der Waals surface area contributed by atoms with Crippen LogP contribution < -0.4 is 15.5 Å². The number of benzene rings is 2. The summed E-state index contributed by atoms with van der Waals surface area (Å²) < 4.78 is 4.98. The van der Waals surface area contributed by atoms with Crippen molar-refractivity contribution in [2.24, 2.45) is 0 Å². The lowest BCUT2D eigenvalue weighted by molar-refractivity contribution is -0.128. The Morgan fingerprint density at radius 3 is 2.28 bits per heavy atom. The molecule has 3 amide bonds. The van der Waals surface area contributed by atoms with Gasteiger partial charge in [-0.05, 0) is 56.9 Å². The molecule has 2 aromatic carbocycles. The van der Waals surface area contributed by atoms with Crippen LogP contribution in [0.2, 0.25) is 5.02 Å². The first-order valence-corrected chi connectivity index (χ1v) is 13.5. The van der Waals surface area contributed by atoms with E-state index in [9.17, 15) is 14.4 Å². The van der Waals surface area contributed by atoms with E-state index in [1.54, 1.807) is 37.3 Å². The molecule has 39 heavy (non-hydrogen) atoms. The number of aromatic nitrogens is 1. The van der Waals surface area contributed by atoms with Crippen LogP contribution in [-0.4, -0.2) is 28.4 Å². The van der Waals surface area contributed by atoms with Crippen molar-refractivity contribution in [1.82, 2.24) is 10.5 Å². The van der Waals surface area contributed by atoms with E-state index in [1.165, 1.54) is 4.90 Å². The smallest absolute Gasteiger partial charge is 0.248 e. The standard InChI is InChI=1S/C30H37ClN4O4/c1-7-30(5,6)33-29(38)28(23-10-8-9-11-24(23)31)35(22-14-12-21(13-15-22)19(2)3)27(37)17-16-26(36)32-25-18-20(4)39-34-25/h8-15,18-19,28H,7,16-17H2,1-6H3,(H,33,38)(H,32,34,36)/t28-/m0/s1. The number of aryl methyl sites for hydroxylation is 1. The van der Waals surface area contributed by atoms with Crippen LogP contribution >= 0.6 is 11.6 Å². The van der Waals surface area contributed by atoms with E-state index in [-0.39, 0.29) is 24.6 Å². The van der Waals surface area contributed by atoms with Crippen molar-refractivity contribution in [3.8, 4) is 0 Å². The van der Waals surface area contributed by atoms with Crippen LogP contribution in [0.3, 0.4) is 0 Å². The van der Waals surface area contributed by atoms with Crippen molar-refractivity contribution < 1.29 is 18.9 Å². The van der Waals surface area contributed by atoms with Crippen LogP contribution in [0.25, 0.3) is 0 Å². The third-order valence-electron chi connectivity index (χ3n) is 6.62.